The monoisotopic (exact) mass is 353 g/mol. The molecule has 1 heterocycles. The van der Waals surface area contributed by atoms with Crippen molar-refractivity contribution in [3.63, 3.8) is 0 Å². The summed E-state index contributed by atoms with van der Waals surface area (Å²) < 4.78 is 10.2. The van der Waals surface area contributed by atoms with Crippen LogP contribution in [0.15, 0.2) is 12.7 Å². The second-order valence-corrected chi connectivity index (χ2v) is 6.03. The van der Waals surface area contributed by atoms with E-state index in [1.54, 1.807) is 0 Å². The molecule has 3 rings (SSSR count). The number of hydrogen-bond donors (Lipinski definition) is 0. The maximum atomic E-state index is 12.2. The molecular weight excluding hydrogens is 335 g/mol. The van der Waals surface area contributed by atoms with E-state index in [4.69, 9.17) is 9.47 Å². The van der Waals surface area contributed by atoms with Gasteiger partial charge in [0.15, 0.2) is 6.73 Å². The molecule has 3 atom stereocenters. The van der Waals surface area contributed by atoms with Gasteiger partial charge in [0.05, 0.1) is 0 Å². The molecule has 20 heavy (non-hydrogen) atoms. The first-order valence-corrected chi connectivity index (χ1v) is 6.53. The van der Waals surface area contributed by atoms with Crippen LogP contribution < -0.4 is 0 Å². The van der Waals surface area contributed by atoms with E-state index in [-0.39, 0.29) is 63.3 Å². The van der Waals surface area contributed by atoms with Crippen LogP contribution in [0.3, 0.4) is 0 Å². The molecule has 3 unspecified atom stereocenters. The molecule has 5 nitrogen and oxygen atoms in total. The number of esters is 1. The zero-order chi connectivity index (χ0) is 13.8. The van der Waals surface area contributed by atoms with Gasteiger partial charge in [0.25, 0.3) is 0 Å². The summed E-state index contributed by atoms with van der Waals surface area (Å²) in [4.78, 5) is 25.7. The first kappa shape index (κ1) is 16.0. The summed E-state index contributed by atoms with van der Waals surface area (Å²) in [5.74, 6) is 0.278. The Kier molecular flexibility index (Phi) is 4.07. The number of hydrogen-bond acceptors (Lipinski definition) is 4. The quantitative estimate of drug-likeness (QED) is 0.431. The molecule has 0 aromatic heterocycles. The molecule has 1 radical (unpaired) electrons. The van der Waals surface area contributed by atoms with Gasteiger partial charge in [-0.2, -0.15) is 6.42 Å². The summed E-state index contributed by atoms with van der Waals surface area (Å²) in [6, 6.07) is 0. The van der Waals surface area contributed by atoms with Gasteiger partial charge >= 0.3 is 12.1 Å². The molecule has 1 spiro atoms. The average Bonchev–Trinajstić information content (AvgIpc) is 2.71. The predicted molar refractivity (Wildman–Crippen MR) is 66.8 cm³/mol. The van der Waals surface area contributed by atoms with Crippen LogP contribution in [0.5, 0.6) is 0 Å². The SMILES string of the molecule is C=CCOC(=O)N1COC(=O)C12[CH-]CC1C2C1(C)C.[Y]. The Morgan fingerprint density at radius 3 is 2.90 bits per heavy atom. The minimum absolute atomic E-state index is 0. The van der Waals surface area contributed by atoms with Gasteiger partial charge in [0.2, 0.25) is 0 Å². The molecule has 0 N–H and O–H groups in total. The van der Waals surface area contributed by atoms with Crippen molar-refractivity contribution in [3.05, 3.63) is 19.1 Å². The molecule has 6 heteroatoms. The number of fused-ring (bicyclic) bond motifs is 2. The van der Waals surface area contributed by atoms with Crippen molar-refractivity contribution in [2.45, 2.75) is 25.8 Å². The molecule has 3 fully saturated rings. The molecule has 3 aliphatic rings. The van der Waals surface area contributed by atoms with Gasteiger partial charge in [-0.05, 0) is 11.3 Å². The third-order valence-electron chi connectivity index (χ3n) is 4.85. The summed E-state index contributed by atoms with van der Waals surface area (Å²) in [6.45, 7) is 7.89. The van der Waals surface area contributed by atoms with E-state index in [1.165, 1.54) is 11.0 Å². The second kappa shape index (κ2) is 5.09. The fraction of sp³-hybridized carbons (Fsp3) is 0.643. The van der Waals surface area contributed by atoms with E-state index in [0.29, 0.717) is 5.92 Å². The van der Waals surface area contributed by atoms with E-state index in [9.17, 15) is 9.59 Å². The summed E-state index contributed by atoms with van der Waals surface area (Å²) >= 11 is 0. The third kappa shape index (κ3) is 1.89. The molecule has 1 aliphatic heterocycles. The molecule has 0 bridgehead atoms. The fourth-order valence-corrected chi connectivity index (χ4v) is 3.85. The maximum Gasteiger partial charge on any atom is 0.411 e. The number of carbonyl (C=O) groups is 2. The van der Waals surface area contributed by atoms with Gasteiger partial charge in [-0.1, -0.05) is 32.4 Å². The zero-order valence-corrected chi connectivity index (χ0v) is 14.6. The summed E-state index contributed by atoms with van der Waals surface area (Å²) in [7, 11) is 0. The Bertz CT molecular complexity index is 464. The number of rotatable bonds is 2. The molecular formula is C14H18NO4Y-. The molecule has 0 aromatic carbocycles. The second-order valence-electron chi connectivity index (χ2n) is 6.03. The van der Waals surface area contributed by atoms with Crippen LogP contribution in [-0.2, 0) is 47.0 Å². The summed E-state index contributed by atoms with van der Waals surface area (Å²) in [5.41, 5.74) is -0.832. The van der Waals surface area contributed by atoms with Crippen molar-refractivity contribution >= 4 is 12.1 Å². The van der Waals surface area contributed by atoms with Crippen molar-refractivity contribution in [1.82, 2.24) is 4.90 Å². The van der Waals surface area contributed by atoms with Crippen molar-refractivity contribution in [2.24, 2.45) is 17.3 Å². The van der Waals surface area contributed by atoms with Crippen LogP contribution in [0.1, 0.15) is 20.3 Å². The summed E-state index contributed by atoms with van der Waals surface area (Å²) in [5, 5.41) is 0. The number of amides is 1. The summed E-state index contributed by atoms with van der Waals surface area (Å²) in [6.07, 6.45) is 3.77. The Hall–Kier alpha value is -0.416. The maximum absolute atomic E-state index is 12.2. The Balaban J connectivity index is 0.00000147. The number of nitrogens with zero attached hydrogens (tertiary/aromatic N) is 1. The van der Waals surface area contributed by atoms with E-state index < -0.39 is 11.6 Å². The molecule has 2 saturated carbocycles. The van der Waals surface area contributed by atoms with E-state index >= 15 is 0 Å². The third-order valence-corrected chi connectivity index (χ3v) is 4.85. The van der Waals surface area contributed by atoms with Gasteiger partial charge in [-0.3, -0.25) is 16.1 Å². The van der Waals surface area contributed by atoms with Crippen LogP contribution in [0, 0.1) is 23.7 Å². The van der Waals surface area contributed by atoms with Crippen LogP contribution in [-0.4, -0.2) is 35.8 Å². The van der Waals surface area contributed by atoms with Crippen LogP contribution in [0.2, 0.25) is 0 Å². The van der Waals surface area contributed by atoms with Gasteiger partial charge < -0.3 is 9.47 Å². The van der Waals surface area contributed by atoms with Crippen LogP contribution in [0.4, 0.5) is 4.79 Å². The fourth-order valence-electron chi connectivity index (χ4n) is 3.85. The number of cyclic esters (lactones) is 1. The van der Waals surface area contributed by atoms with Gasteiger partial charge in [-0.25, -0.2) is 4.79 Å². The van der Waals surface area contributed by atoms with Gasteiger partial charge in [0.1, 0.15) is 6.61 Å². The minimum atomic E-state index is -0.910. The van der Waals surface area contributed by atoms with Gasteiger partial charge in [0, 0.05) is 38.2 Å². The first-order valence-electron chi connectivity index (χ1n) is 6.53. The molecule has 107 valence electrons. The topological polar surface area (TPSA) is 55.8 Å². The number of carbonyl (C=O) groups excluding carboxylic acids is 2. The number of ether oxygens (including phenoxy) is 2. The largest absolute Gasteiger partial charge is 0.445 e. The first-order chi connectivity index (χ1) is 8.96. The minimum Gasteiger partial charge on any atom is -0.445 e. The molecule has 2 aliphatic carbocycles. The Morgan fingerprint density at radius 1 is 1.65 bits per heavy atom. The Morgan fingerprint density at radius 2 is 2.35 bits per heavy atom. The normalized spacial score (nSPS) is 36.1. The average molecular weight is 353 g/mol. The van der Waals surface area contributed by atoms with Gasteiger partial charge in [-0.15, -0.1) is 0 Å². The van der Waals surface area contributed by atoms with Crippen molar-refractivity contribution in [1.29, 1.82) is 0 Å². The standard InChI is InChI=1S/C14H18NO4.Y/c1-4-7-18-12(17)15-8-19-11(16)14(15)6-5-9-10(14)13(9,2)3;/h4,6,9-10H,1,5,7-8H2,2-3H3;/q-1;. The molecule has 0 aromatic rings. The van der Waals surface area contributed by atoms with Crippen molar-refractivity contribution in [3.8, 4) is 0 Å². The van der Waals surface area contributed by atoms with E-state index in [0.717, 1.165) is 6.42 Å². The van der Waals surface area contributed by atoms with E-state index in [1.807, 2.05) is 6.42 Å². The Labute approximate surface area is 143 Å². The zero-order valence-electron chi connectivity index (χ0n) is 11.8. The van der Waals surface area contributed by atoms with Crippen molar-refractivity contribution in [2.75, 3.05) is 13.3 Å². The van der Waals surface area contributed by atoms with E-state index in [2.05, 4.69) is 20.4 Å². The van der Waals surface area contributed by atoms with Crippen LogP contribution >= 0.6 is 0 Å². The molecule has 1 saturated heterocycles. The predicted octanol–water partition coefficient (Wildman–Crippen LogP) is 1.74. The smallest absolute Gasteiger partial charge is 0.411 e. The molecule has 1 amide bonds. The van der Waals surface area contributed by atoms with Crippen LogP contribution in [0.25, 0.3) is 0 Å². The van der Waals surface area contributed by atoms with Crippen molar-refractivity contribution < 1.29 is 51.8 Å².